The number of carbonyl (C=O) groups excluding carboxylic acids is 1. The van der Waals surface area contributed by atoms with Gasteiger partial charge in [-0.05, 0) is 36.4 Å². The van der Waals surface area contributed by atoms with Crippen molar-refractivity contribution in [1.29, 1.82) is 0 Å². The van der Waals surface area contributed by atoms with Gasteiger partial charge in [-0.15, -0.1) is 0 Å². The van der Waals surface area contributed by atoms with E-state index in [0.717, 1.165) is 10.9 Å². The number of amides is 1. The number of fused-ring (bicyclic) bond motifs is 1. The molecule has 0 spiro atoms. The van der Waals surface area contributed by atoms with Crippen molar-refractivity contribution in [2.75, 3.05) is 0 Å². The van der Waals surface area contributed by atoms with Crippen molar-refractivity contribution < 1.29 is 19.1 Å². The molecule has 0 saturated heterocycles. The van der Waals surface area contributed by atoms with Gasteiger partial charge in [0.2, 0.25) is 0 Å². The Balaban J connectivity index is 1.37. The zero-order valence-electron chi connectivity index (χ0n) is 18.4. The highest BCUT2D eigenvalue weighted by Crippen LogP contribution is 2.25. The number of aromatic carboxylic acids is 1. The highest BCUT2D eigenvalue weighted by Gasteiger charge is 2.14. The van der Waals surface area contributed by atoms with E-state index in [0.29, 0.717) is 33.9 Å². The number of para-hydroxylation sites is 1. The maximum Gasteiger partial charge on any atom is 0.335 e. The number of carboxylic acid groups (broad SMARTS) is 1. The lowest BCUT2D eigenvalue weighted by molar-refractivity contribution is 0.0696. The minimum atomic E-state index is -1.01. The predicted molar refractivity (Wildman–Crippen MR) is 133 cm³/mol. The van der Waals surface area contributed by atoms with Crippen LogP contribution in [0.2, 0.25) is 0 Å². The van der Waals surface area contributed by atoms with Crippen molar-refractivity contribution in [2.24, 2.45) is 5.10 Å². The van der Waals surface area contributed by atoms with E-state index in [1.807, 2.05) is 54.6 Å². The van der Waals surface area contributed by atoms with Crippen LogP contribution in [-0.4, -0.2) is 28.2 Å². The number of carboxylic acids is 1. The molecule has 0 fully saturated rings. The van der Waals surface area contributed by atoms with Crippen LogP contribution in [0.15, 0.2) is 107 Å². The number of nitrogens with one attached hydrogen (secondary N) is 1. The third-order valence-electron chi connectivity index (χ3n) is 5.41. The summed E-state index contributed by atoms with van der Waals surface area (Å²) in [6.45, 7) is 0. The number of furan rings is 1. The fraction of sp³-hybridized carbons (Fsp3) is 0. The molecule has 35 heavy (non-hydrogen) atoms. The average Bonchev–Trinajstić information content (AvgIpc) is 3.37. The van der Waals surface area contributed by atoms with Crippen LogP contribution < -0.4 is 5.43 Å². The van der Waals surface area contributed by atoms with E-state index in [2.05, 4.69) is 10.5 Å². The van der Waals surface area contributed by atoms with E-state index >= 15 is 0 Å². The molecule has 0 aliphatic heterocycles. The zero-order chi connectivity index (χ0) is 24.2. The first kappa shape index (κ1) is 21.8. The van der Waals surface area contributed by atoms with Crippen molar-refractivity contribution in [3.63, 3.8) is 0 Å². The quantitative estimate of drug-likeness (QED) is 0.252. The first-order valence-electron chi connectivity index (χ1n) is 10.8. The van der Waals surface area contributed by atoms with Gasteiger partial charge in [0.25, 0.3) is 5.91 Å². The van der Waals surface area contributed by atoms with Crippen molar-refractivity contribution in [2.45, 2.75) is 0 Å². The third kappa shape index (κ3) is 4.69. The van der Waals surface area contributed by atoms with E-state index in [1.165, 1.54) is 18.3 Å². The summed E-state index contributed by atoms with van der Waals surface area (Å²) in [5.74, 6) is -0.487. The number of hydrazone groups is 1. The predicted octanol–water partition coefficient (Wildman–Crippen LogP) is 5.62. The summed E-state index contributed by atoms with van der Waals surface area (Å²) < 4.78 is 5.74. The summed E-state index contributed by atoms with van der Waals surface area (Å²) in [5, 5.41) is 13.9. The topological polar surface area (TPSA) is 105 Å². The normalized spacial score (nSPS) is 11.1. The van der Waals surface area contributed by atoms with E-state index in [4.69, 9.17) is 9.40 Å². The van der Waals surface area contributed by atoms with Crippen molar-refractivity contribution in [3.8, 4) is 22.6 Å². The molecule has 0 aliphatic carbocycles. The van der Waals surface area contributed by atoms with Crippen molar-refractivity contribution in [1.82, 2.24) is 10.4 Å². The molecule has 2 heterocycles. The Bertz CT molecular complexity index is 1570. The van der Waals surface area contributed by atoms with E-state index < -0.39 is 5.97 Å². The first-order chi connectivity index (χ1) is 17.1. The molecule has 0 aliphatic rings. The highest BCUT2D eigenvalue weighted by molar-refractivity contribution is 6.07. The molecule has 5 aromatic rings. The summed E-state index contributed by atoms with van der Waals surface area (Å²) in [6.07, 6.45) is 1.39. The Morgan fingerprint density at radius 3 is 2.46 bits per heavy atom. The van der Waals surface area contributed by atoms with Crippen LogP contribution in [0, 0.1) is 0 Å². The Morgan fingerprint density at radius 1 is 0.857 bits per heavy atom. The molecule has 3 aromatic carbocycles. The van der Waals surface area contributed by atoms with Crippen LogP contribution in [0.25, 0.3) is 33.5 Å². The second-order valence-electron chi connectivity index (χ2n) is 7.73. The summed E-state index contributed by atoms with van der Waals surface area (Å²) in [7, 11) is 0. The molecule has 5 rings (SSSR count). The molecule has 0 atom stereocenters. The lowest BCUT2D eigenvalue weighted by Crippen LogP contribution is -2.18. The second-order valence-corrected chi connectivity index (χ2v) is 7.73. The smallest absolute Gasteiger partial charge is 0.335 e. The SMILES string of the molecule is O=C(O)c1cccc(-c2ccc(/C=N\NC(=O)c3cc(-c4ccccc4)nc4ccccc34)o2)c1. The van der Waals surface area contributed by atoms with E-state index in [-0.39, 0.29) is 11.5 Å². The fourth-order valence-corrected chi connectivity index (χ4v) is 3.72. The van der Waals surface area contributed by atoms with Gasteiger partial charge in [-0.1, -0.05) is 60.7 Å². The molecule has 0 saturated carbocycles. The van der Waals surface area contributed by atoms with Crippen LogP contribution in [-0.2, 0) is 0 Å². The number of nitrogens with zero attached hydrogens (tertiary/aromatic N) is 2. The average molecular weight is 461 g/mol. The minimum Gasteiger partial charge on any atom is -0.478 e. The number of hydrogen-bond donors (Lipinski definition) is 2. The number of rotatable bonds is 6. The molecular formula is C28H19N3O4. The first-order valence-corrected chi connectivity index (χ1v) is 10.8. The Hall–Kier alpha value is -5.04. The van der Waals surface area contributed by atoms with Crippen LogP contribution in [0.3, 0.4) is 0 Å². The molecule has 7 nitrogen and oxygen atoms in total. The molecular weight excluding hydrogens is 442 g/mol. The maximum absolute atomic E-state index is 13.0. The zero-order valence-corrected chi connectivity index (χ0v) is 18.4. The summed E-state index contributed by atoms with van der Waals surface area (Å²) in [5.41, 5.74) is 6.12. The fourth-order valence-electron chi connectivity index (χ4n) is 3.72. The number of benzene rings is 3. The van der Waals surface area contributed by atoms with E-state index in [1.54, 1.807) is 30.3 Å². The Morgan fingerprint density at radius 2 is 1.63 bits per heavy atom. The van der Waals surface area contributed by atoms with Crippen LogP contribution in [0.4, 0.5) is 0 Å². The second kappa shape index (κ2) is 9.44. The number of pyridine rings is 1. The molecule has 0 unspecified atom stereocenters. The van der Waals surface area contributed by atoms with Gasteiger partial charge in [0.05, 0.1) is 28.6 Å². The largest absolute Gasteiger partial charge is 0.478 e. The number of hydrogen-bond acceptors (Lipinski definition) is 5. The number of carbonyl (C=O) groups is 2. The Labute approximate surface area is 200 Å². The molecule has 1 amide bonds. The van der Waals surface area contributed by atoms with Gasteiger partial charge in [-0.3, -0.25) is 4.79 Å². The van der Waals surface area contributed by atoms with Gasteiger partial charge in [0.15, 0.2) is 0 Å². The highest BCUT2D eigenvalue weighted by atomic mass is 16.4. The summed E-state index contributed by atoms with van der Waals surface area (Å²) >= 11 is 0. The van der Waals surface area contributed by atoms with Gasteiger partial charge >= 0.3 is 5.97 Å². The van der Waals surface area contributed by atoms with Gasteiger partial charge in [-0.25, -0.2) is 15.2 Å². The van der Waals surface area contributed by atoms with Crippen LogP contribution >= 0.6 is 0 Å². The standard InChI is InChI=1S/C28H19N3O4/c32-27(23-16-25(18-7-2-1-3-8-18)30-24-12-5-4-11-22(23)24)31-29-17-21-13-14-26(35-21)19-9-6-10-20(15-19)28(33)34/h1-17H,(H,31,32)(H,33,34)/b29-17-. The molecule has 170 valence electrons. The molecule has 2 aromatic heterocycles. The molecule has 0 radical (unpaired) electrons. The lowest BCUT2D eigenvalue weighted by Gasteiger charge is -2.09. The number of aromatic nitrogens is 1. The van der Waals surface area contributed by atoms with Gasteiger partial charge < -0.3 is 9.52 Å². The van der Waals surface area contributed by atoms with Gasteiger partial charge in [0.1, 0.15) is 11.5 Å². The monoisotopic (exact) mass is 461 g/mol. The van der Waals surface area contributed by atoms with Crippen LogP contribution in [0.1, 0.15) is 26.5 Å². The minimum absolute atomic E-state index is 0.167. The molecule has 0 bridgehead atoms. The van der Waals surface area contributed by atoms with Gasteiger partial charge in [0, 0.05) is 16.5 Å². The molecule has 2 N–H and O–H groups in total. The molecule has 7 heteroatoms. The third-order valence-corrected chi connectivity index (χ3v) is 5.41. The maximum atomic E-state index is 13.0. The van der Waals surface area contributed by atoms with Crippen molar-refractivity contribution >= 4 is 29.0 Å². The summed E-state index contributed by atoms with van der Waals surface area (Å²) in [6, 6.07) is 28.7. The van der Waals surface area contributed by atoms with Crippen LogP contribution in [0.5, 0.6) is 0 Å². The Kier molecular flexibility index (Phi) is 5.88. The van der Waals surface area contributed by atoms with E-state index in [9.17, 15) is 14.7 Å². The van der Waals surface area contributed by atoms with Crippen molar-refractivity contribution in [3.05, 3.63) is 114 Å². The summed E-state index contributed by atoms with van der Waals surface area (Å²) in [4.78, 5) is 28.9. The lowest BCUT2D eigenvalue weighted by atomic mass is 10.0. The van der Waals surface area contributed by atoms with Gasteiger partial charge in [-0.2, -0.15) is 5.10 Å².